The molecule has 178 valence electrons. The van der Waals surface area contributed by atoms with Crippen LogP contribution in [0.25, 0.3) is 5.69 Å². The summed E-state index contributed by atoms with van der Waals surface area (Å²) in [6.45, 7) is 9.57. The van der Waals surface area contributed by atoms with Gasteiger partial charge in [0.25, 0.3) is 17.7 Å². The second kappa shape index (κ2) is 10.8. The zero-order valence-corrected chi connectivity index (χ0v) is 20.3. The van der Waals surface area contributed by atoms with Crippen molar-refractivity contribution in [3.8, 4) is 5.69 Å². The number of hydrogen-bond donors (Lipinski definition) is 3. The van der Waals surface area contributed by atoms with Crippen LogP contribution in [0.1, 0.15) is 57.9 Å². The molecule has 3 amide bonds. The molecule has 1 aromatic heterocycles. The Morgan fingerprint density at radius 1 is 0.824 bits per heavy atom. The van der Waals surface area contributed by atoms with Gasteiger partial charge in [0.2, 0.25) is 0 Å². The molecule has 0 radical (unpaired) electrons. The molecular formula is C27H32N4O3. The van der Waals surface area contributed by atoms with Crippen molar-refractivity contribution in [2.75, 3.05) is 0 Å². The number of carbonyl (C=O) groups excluding carboxylic acids is 3. The van der Waals surface area contributed by atoms with Crippen molar-refractivity contribution in [3.63, 3.8) is 0 Å². The van der Waals surface area contributed by atoms with Crippen LogP contribution in [0.15, 0.2) is 60.7 Å². The Balaban J connectivity index is 1.70. The van der Waals surface area contributed by atoms with E-state index in [-0.39, 0.29) is 11.8 Å². The van der Waals surface area contributed by atoms with Crippen LogP contribution in [0.3, 0.4) is 0 Å². The molecule has 3 rings (SSSR count). The lowest BCUT2D eigenvalue weighted by Gasteiger charge is -2.21. The number of amides is 3. The van der Waals surface area contributed by atoms with Crippen LogP contribution >= 0.6 is 0 Å². The fourth-order valence-electron chi connectivity index (χ4n) is 4.01. The Morgan fingerprint density at radius 3 is 2.12 bits per heavy atom. The van der Waals surface area contributed by atoms with E-state index in [2.05, 4.69) is 16.2 Å². The Kier molecular flexibility index (Phi) is 7.89. The molecule has 3 N–H and O–H groups in total. The molecule has 34 heavy (non-hydrogen) atoms. The first-order chi connectivity index (χ1) is 16.2. The van der Waals surface area contributed by atoms with Crippen LogP contribution in [0.2, 0.25) is 0 Å². The zero-order valence-electron chi connectivity index (χ0n) is 20.3. The van der Waals surface area contributed by atoms with Gasteiger partial charge in [-0.3, -0.25) is 25.2 Å². The van der Waals surface area contributed by atoms with Gasteiger partial charge in [0.1, 0.15) is 6.04 Å². The summed E-state index contributed by atoms with van der Waals surface area (Å²) in [7, 11) is 0. The minimum Gasteiger partial charge on any atom is -0.340 e. The number of nitrogens with zero attached hydrogens (tertiary/aromatic N) is 1. The normalized spacial score (nSPS) is 11.7. The van der Waals surface area contributed by atoms with Crippen molar-refractivity contribution in [2.24, 2.45) is 5.92 Å². The molecule has 1 heterocycles. The van der Waals surface area contributed by atoms with Crippen LogP contribution in [0, 0.1) is 26.7 Å². The molecule has 3 aromatic rings. The summed E-state index contributed by atoms with van der Waals surface area (Å²) >= 11 is 0. The zero-order chi connectivity index (χ0) is 24.8. The van der Waals surface area contributed by atoms with E-state index in [1.54, 1.807) is 18.2 Å². The predicted octanol–water partition coefficient (Wildman–Crippen LogP) is 4.01. The highest BCUT2D eigenvalue weighted by Crippen LogP contribution is 2.20. The van der Waals surface area contributed by atoms with Crippen LogP contribution in [-0.4, -0.2) is 28.3 Å². The first-order valence-electron chi connectivity index (χ1n) is 11.4. The van der Waals surface area contributed by atoms with Gasteiger partial charge in [0.15, 0.2) is 0 Å². The van der Waals surface area contributed by atoms with E-state index in [4.69, 9.17) is 0 Å². The van der Waals surface area contributed by atoms with Crippen molar-refractivity contribution < 1.29 is 14.4 Å². The number of para-hydroxylation sites is 1. The summed E-state index contributed by atoms with van der Waals surface area (Å²) in [4.78, 5) is 38.5. The highest BCUT2D eigenvalue weighted by Gasteiger charge is 2.24. The van der Waals surface area contributed by atoms with E-state index < -0.39 is 17.9 Å². The molecule has 7 nitrogen and oxygen atoms in total. The number of benzene rings is 2. The van der Waals surface area contributed by atoms with E-state index in [1.807, 2.05) is 81.7 Å². The first kappa shape index (κ1) is 24.8. The predicted molar refractivity (Wildman–Crippen MR) is 133 cm³/mol. The molecule has 0 saturated heterocycles. The van der Waals surface area contributed by atoms with Crippen LogP contribution < -0.4 is 16.2 Å². The lowest BCUT2D eigenvalue weighted by Crippen LogP contribution is -2.52. The quantitative estimate of drug-likeness (QED) is 0.465. The Morgan fingerprint density at radius 2 is 1.47 bits per heavy atom. The number of hydrogen-bond acceptors (Lipinski definition) is 3. The molecule has 0 fully saturated rings. The summed E-state index contributed by atoms with van der Waals surface area (Å²) in [6, 6.07) is 18.0. The maximum absolute atomic E-state index is 12.9. The molecule has 7 heteroatoms. The average Bonchev–Trinajstić information content (AvgIpc) is 3.11. The SMILES string of the molecule is Cc1ccccc1C(=O)N[C@H](CC(C)C)C(=O)NNC(=O)c1cc(C)n(-c2ccccc2)c1C. The van der Waals surface area contributed by atoms with Crippen LogP contribution in [-0.2, 0) is 4.79 Å². The van der Waals surface area contributed by atoms with Crippen molar-refractivity contribution in [3.05, 3.63) is 88.7 Å². The van der Waals surface area contributed by atoms with Crippen molar-refractivity contribution >= 4 is 17.7 Å². The van der Waals surface area contributed by atoms with Gasteiger partial charge in [-0.2, -0.15) is 0 Å². The minimum atomic E-state index is -0.788. The minimum absolute atomic E-state index is 0.161. The first-order valence-corrected chi connectivity index (χ1v) is 11.4. The maximum Gasteiger partial charge on any atom is 0.271 e. The highest BCUT2D eigenvalue weighted by atomic mass is 16.2. The monoisotopic (exact) mass is 460 g/mol. The van der Waals surface area contributed by atoms with Gasteiger partial charge < -0.3 is 9.88 Å². The van der Waals surface area contributed by atoms with Gasteiger partial charge in [-0.25, -0.2) is 0 Å². The summed E-state index contributed by atoms with van der Waals surface area (Å²) in [6.07, 6.45) is 0.432. The van der Waals surface area contributed by atoms with Gasteiger partial charge >= 0.3 is 0 Å². The van der Waals surface area contributed by atoms with Gasteiger partial charge in [-0.15, -0.1) is 0 Å². The molecule has 0 aliphatic heterocycles. The molecule has 0 bridgehead atoms. The third-order valence-corrected chi connectivity index (χ3v) is 5.71. The van der Waals surface area contributed by atoms with Crippen LogP contribution in [0.5, 0.6) is 0 Å². The largest absolute Gasteiger partial charge is 0.340 e. The van der Waals surface area contributed by atoms with Crippen molar-refractivity contribution in [2.45, 2.75) is 47.1 Å². The molecular weight excluding hydrogens is 428 g/mol. The smallest absolute Gasteiger partial charge is 0.271 e. The maximum atomic E-state index is 12.9. The third-order valence-electron chi connectivity index (χ3n) is 5.71. The number of rotatable bonds is 7. The second-order valence-corrected chi connectivity index (χ2v) is 8.87. The Labute approximate surface area is 200 Å². The number of carbonyl (C=O) groups is 3. The van der Waals surface area contributed by atoms with Gasteiger partial charge in [0.05, 0.1) is 5.56 Å². The van der Waals surface area contributed by atoms with Crippen molar-refractivity contribution in [1.29, 1.82) is 0 Å². The Hall–Kier alpha value is -3.87. The summed E-state index contributed by atoms with van der Waals surface area (Å²) in [5.74, 6) is -1.05. The van der Waals surface area contributed by atoms with E-state index in [0.717, 1.165) is 22.6 Å². The molecule has 0 aliphatic rings. The summed E-state index contributed by atoms with van der Waals surface area (Å²) < 4.78 is 1.99. The molecule has 0 spiro atoms. The van der Waals surface area contributed by atoms with E-state index in [0.29, 0.717) is 17.5 Å². The number of nitrogens with one attached hydrogen (secondary N) is 3. The molecule has 0 saturated carbocycles. The lowest BCUT2D eigenvalue weighted by atomic mass is 10.0. The number of aryl methyl sites for hydroxylation is 2. The summed E-state index contributed by atoms with van der Waals surface area (Å²) in [5.41, 5.74) is 9.43. The molecule has 1 atom stereocenters. The second-order valence-electron chi connectivity index (χ2n) is 8.87. The van der Waals surface area contributed by atoms with Crippen LogP contribution in [0.4, 0.5) is 0 Å². The van der Waals surface area contributed by atoms with Gasteiger partial charge in [0, 0.05) is 22.6 Å². The number of hydrazine groups is 1. The number of aromatic nitrogens is 1. The highest BCUT2D eigenvalue weighted by molar-refractivity contribution is 6.00. The molecule has 0 unspecified atom stereocenters. The fourth-order valence-corrected chi connectivity index (χ4v) is 4.01. The molecule has 0 aliphatic carbocycles. The fraction of sp³-hybridized carbons (Fsp3) is 0.296. The van der Waals surface area contributed by atoms with Gasteiger partial charge in [-0.1, -0.05) is 50.2 Å². The van der Waals surface area contributed by atoms with E-state index in [9.17, 15) is 14.4 Å². The van der Waals surface area contributed by atoms with Gasteiger partial charge in [-0.05, 0) is 62.9 Å². The topological polar surface area (TPSA) is 92.2 Å². The lowest BCUT2D eigenvalue weighted by molar-refractivity contribution is -0.124. The molecule has 2 aromatic carbocycles. The standard InChI is InChI=1S/C27H32N4O3/c1-17(2)15-24(28-25(32)22-14-10-9-11-18(22)3)27(34)30-29-26(33)23-16-19(4)31(20(23)5)21-12-7-6-8-13-21/h6-14,16-17,24H,15H2,1-5H3,(H,28,32)(H,29,33)(H,30,34)/t24-/m1/s1. The van der Waals surface area contributed by atoms with E-state index >= 15 is 0 Å². The third kappa shape index (κ3) is 5.73. The van der Waals surface area contributed by atoms with Crippen molar-refractivity contribution in [1.82, 2.24) is 20.7 Å². The van der Waals surface area contributed by atoms with E-state index in [1.165, 1.54) is 0 Å². The summed E-state index contributed by atoms with van der Waals surface area (Å²) in [5, 5.41) is 2.81. The Bertz CT molecular complexity index is 1180. The average molecular weight is 461 g/mol.